The Morgan fingerprint density at radius 3 is 2.59 bits per heavy atom. The molecule has 0 amide bonds. The minimum atomic E-state index is -0.586. The Morgan fingerprint density at radius 2 is 1.95 bits per heavy atom. The molecule has 1 aromatic carbocycles. The smallest absolute Gasteiger partial charge is 0.156 e. The normalized spacial score (nSPS) is 17.7. The van der Waals surface area contributed by atoms with E-state index in [2.05, 4.69) is 4.90 Å². The van der Waals surface area contributed by atoms with Crippen molar-refractivity contribution in [1.29, 1.82) is 0 Å². The lowest BCUT2D eigenvalue weighted by atomic mass is 10.00. The highest BCUT2D eigenvalue weighted by Crippen LogP contribution is 2.32. The first-order valence-corrected chi connectivity index (χ1v) is 8.33. The van der Waals surface area contributed by atoms with Crippen LogP contribution in [0, 0.1) is 5.92 Å². The van der Waals surface area contributed by atoms with Crippen LogP contribution in [0.3, 0.4) is 0 Å². The number of halogens is 2. The van der Waals surface area contributed by atoms with Gasteiger partial charge in [-0.15, -0.1) is 0 Å². The number of aliphatic hydroxyl groups is 1. The number of aliphatic hydroxyl groups excluding tert-OH is 1. The zero-order chi connectivity index (χ0) is 15.9. The maximum Gasteiger partial charge on any atom is 0.156 e. The number of hydrogen-bond donors (Lipinski definition) is 1. The molecule has 2 rings (SSSR count). The third-order valence-corrected chi connectivity index (χ3v) is 4.37. The summed E-state index contributed by atoms with van der Waals surface area (Å²) in [6, 6.07) is 5.19. The predicted octanol–water partition coefficient (Wildman–Crippen LogP) is 3.09. The maximum absolute atomic E-state index is 10.1. The van der Waals surface area contributed by atoms with E-state index in [-0.39, 0.29) is 6.61 Å². The Hall–Kier alpha value is -0.520. The molecule has 0 aliphatic carbocycles. The third kappa shape index (κ3) is 5.60. The molecule has 1 N–H and O–H groups in total. The molecular formula is C16H23Cl2NO3. The van der Waals surface area contributed by atoms with Crippen LogP contribution < -0.4 is 4.74 Å². The highest BCUT2D eigenvalue weighted by Gasteiger charge is 2.18. The topological polar surface area (TPSA) is 41.9 Å². The van der Waals surface area contributed by atoms with Crippen LogP contribution in [0.4, 0.5) is 0 Å². The Balaban J connectivity index is 1.74. The van der Waals surface area contributed by atoms with Crippen LogP contribution in [0.1, 0.15) is 12.8 Å². The fourth-order valence-corrected chi connectivity index (χ4v) is 3.16. The van der Waals surface area contributed by atoms with Crippen molar-refractivity contribution >= 4 is 23.2 Å². The van der Waals surface area contributed by atoms with Gasteiger partial charge in [-0.1, -0.05) is 29.3 Å². The van der Waals surface area contributed by atoms with E-state index in [0.29, 0.717) is 28.3 Å². The van der Waals surface area contributed by atoms with Gasteiger partial charge in [-0.3, -0.25) is 0 Å². The molecule has 1 unspecified atom stereocenters. The van der Waals surface area contributed by atoms with E-state index in [9.17, 15) is 5.11 Å². The van der Waals surface area contributed by atoms with E-state index < -0.39 is 6.10 Å². The zero-order valence-corrected chi connectivity index (χ0v) is 14.3. The van der Waals surface area contributed by atoms with Gasteiger partial charge in [0.2, 0.25) is 0 Å². The predicted molar refractivity (Wildman–Crippen MR) is 89.0 cm³/mol. The fraction of sp³-hybridized carbons (Fsp3) is 0.625. The average Bonchev–Trinajstić information content (AvgIpc) is 2.47. The molecule has 124 valence electrons. The molecule has 6 heteroatoms. The van der Waals surface area contributed by atoms with E-state index in [1.165, 1.54) is 0 Å². The van der Waals surface area contributed by atoms with Crippen LogP contribution in [0.2, 0.25) is 10.0 Å². The van der Waals surface area contributed by atoms with Crippen molar-refractivity contribution in [2.45, 2.75) is 18.9 Å². The minimum Gasteiger partial charge on any atom is -0.488 e. The lowest BCUT2D eigenvalue weighted by Crippen LogP contribution is -2.37. The molecule has 1 aliphatic heterocycles. The largest absolute Gasteiger partial charge is 0.488 e. The second-order valence-corrected chi connectivity index (χ2v) is 6.61. The van der Waals surface area contributed by atoms with Gasteiger partial charge in [0.25, 0.3) is 0 Å². The summed E-state index contributed by atoms with van der Waals surface area (Å²) in [7, 11) is 2.02. The Bertz CT molecular complexity index is 446. The summed E-state index contributed by atoms with van der Waals surface area (Å²) in [5.41, 5.74) is 0. The molecule has 1 aromatic rings. The van der Waals surface area contributed by atoms with E-state index in [0.717, 1.165) is 32.6 Å². The van der Waals surface area contributed by atoms with Crippen LogP contribution in [0.5, 0.6) is 5.75 Å². The summed E-state index contributed by atoms with van der Waals surface area (Å²) < 4.78 is 10.9. The highest BCUT2D eigenvalue weighted by molar-refractivity contribution is 6.37. The van der Waals surface area contributed by atoms with Crippen molar-refractivity contribution in [1.82, 2.24) is 4.90 Å². The molecule has 0 bridgehead atoms. The van der Waals surface area contributed by atoms with Gasteiger partial charge in [0.05, 0.1) is 10.0 Å². The summed E-state index contributed by atoms with van der Waals surface area (Å²) in [6.07, 6.45) is 1.59. The minimum absolute atomic E-state index is 0.168. The van der Waals surface area contributed by atoms with Crippen LogP contribution in [-0.4, -0.2) is 56.1 Å². The fourth-order valence-electron chi connectivity index (χ4n) is 2.66. The van der Waals surface area contributed by atoms with Crippen molar-refractivity contribution in [3.63, 3.8) is 0 Å². The van der Waals surface area contributed by atoms with Gasteiger partial charge in [0, 0.05) is 26.3 Å². The summed E-state index contributed by atoms with van der Waals surface area (Å²) in [6.45, 7) is 3.37. The van der Waals surface area contributed by atoms with Crippen molar-refractivity contribution in [2.24, 2.45) is 5.92 Å². The Kier molecular flexibility index (Phi) is 7.25. The van der Waals surface area contributed by atoms with E-state index in [1.807, 2.05) is 7.05 Å². The molecule has 0 spiro atoms. The molecule has 22 heavy (non-hydrogen) atoms. The number of ether oxygens (including phenoxy) is 2. The van der Waals surface area contributed by atoms with Gasteiger partial charge in [-0.2, -0.15) is 0 Å². The molecular weight excluding hydrogens is 325 g/mol. The molecule has 1 aliphatic rings. The van der Waals surface area contributed by atoms with Gasteiger partial charge >= 0.3 is 0 Å². The van der Waals surface area contributed by atoms with Gasteiger partial charge in [-0.25, -0.2) is 0 Å². The first-order valence-electron chi connectivity index (χ1n) is 7.57. The van der Waals surface area contributed by atoms with Crippen LogP contribution in [-0.2, 0) is 4.74 Å². The van der Waals surface area contributed by atoms with E-state index in [4.69, 9.17) is 32.7 Å². The number of nitrogens with zero attached hydrogens (tertiary/aromatic N) is 1. The summed E-state index contributed by atoms with van der Waals surface area (Å²) in [5.74, 6) is 1.07. The second-order valence-electron chi connectivity index (χ2n) is 5.79. The van der Waals surface area contributed by atoms with Crippen LogP contribution in [0.15, 0.2) is 18.2 Å². The Morgan fingerprint density at radius 1 is 1.32 bits per heavy atom. The first kappa shape index (κ1) is 17.8. The second kappa shape index (κ2) is 8.94. The molecule has 0 aromatic heterocycles. The molecule has 1 atom stereocenters. The van der Waals surface area contributed by atoms with Crippen LogP contribution >= 0.6 is 23.2 Å². The number of likely N-dealkylation sites (N-methyl/N-ethyl adjacent to an activating group) is 1. The van der Waals surface area contributed by atoms with Crippen molar-refractivity contribution in [3.8, 4) is 5.75 Å². The van der Waals surface area contributed by atoms with Crippen molar-refractivity contribution in [3.05, 3.63) is 28.2 Å². The molecule has 1 heterocycles. The lowest BCUT2D eigenvalue weighted by molar-refractivity contribution is 0.0399. The Labute approximate surface area is 141 Å². The first-order chi connectivity index (χ1) is 10.6. The number of benzene rings is 1. The average molecular weight is 348 g/mol. The zero-order valence-electron chi connectivity index (χ0n) is 12.8. The van der Waals surface area contributed by atoms with Gasteiger partial charge in [0.15, 0.2) is 5.75 Å². The number of para-hydroxylation sites is 1. The summed E-state index contributed by atoms with van der Waals surface area (Å²) in [5, 5.41) is 11.0. The monoisotopic (exact) mass is 347 g/mol. The molecule has 0 saturated carbocycles. The van der Waals surface area contributed by atoms with Crippen molar-refractivity contribution < 1.29 is 14.6 Å². The number of rotatable bonds is 7. The third-order valence-electron chi connectivity index (χ3n) is 3.77. The SMILES string of the molecule is CN(CC(O)COc1c(Cl)cccc1Cl)CC1CCOCC1. The molecule has 1 saturated heterocycles. The quantitative estimate of drug-likeness (QED) is 0.822. The van der Waals surface area contributed by atoms with Crippen molar-refractivity contribution in [2.75, 3.05) is 40.0 Å². The van der Waals surface area contributed by atoms with Gasteiger partial charge in [0.1, 0.15) is 12.7 Å². The standard InChI is InChI=1S/C16H23Cl2NO3/c1-19(9-12-5-7-21-8-6-12)10-13(20)11-22-16-14(17)3-2-4-15(16)18/h2-4,12-13,20H,5-11H2,1H3. The highest BCUT2D eigenvalue weighted by atomic mass is 35.5. The number of hydrogen-bond acceptors (Lipinski definition) is 4. The maximum atomic E-state index is 10.1. The summed E-state index contributed by atoms with van der Waals surface area (Å²) >= 11 is 12.1. The summed E-state index contributed by atoms with van der Waals surface area (Å²) in [4.78, 5) is 2.14. The van der Waals surface area contributed by atoms with Gasteiger partial charge in [-0.05, 0) is 37.9 Å². The van der Waals surface area contributed by atoms with Gasteiger partial charge < -0.3 is 19.5 Å². The van der Waals surface area contributed by atoms with E-state index >= 15 is 0 Å². The molecule has 4 nitrogen and oxygen atoms in total. The molecule has 0 radical (unpaired) electrons. The molecule has 1 fully saturated rings. The lowest BCUT2D eigenvalue weighted by Gasteiger charge is -2.28. The van der Waals surface area contributed by atoms with Crippen LogP contribution in [0.25, 0.3) is 0 Å². The van der Waals surface area contributed by atoms with E-state index in [1.54, 1.807) is 18.2 Å².